The first-order chi connectivity index (χ1) is 12.0. The molecule has 128 valence electrons. The van der Waals surface area contributed by atoms with E-state index in [-0.39, 0.29) is 24.9 Å². The molecule has 1 N–H and O–H groups in total. The normalized spacial score (nSPS) is 10.6. The van der Waals surface area contributed by atoms with Gasteiger partial charge in [0.2, 0.25) is 5.91 Å². The minimum Gasteiger partial charge on any atom is -0.460 e. The highest BCUT2D eigenvalue weighted by atomic mass is 35.5. The molecule has 3 aromatic rings. The summed E-state index contributed by atoms with van der Waals surface area (Å²) < 4.78 is 6.43. The molecule has 0 aliphatic rings. The molecule has 0 atom stereocenters. The average Bonchev–Trinajstić information content (AvgIpc) is 2.91. The number of hydrogen-bond acceptors (Lipinski definition) is 4. The lowest BCUT2D eigenvalue weighted by molar-refractivity contribution is -0.144. The number of anilines is 1. The van der Waals surface area contributed by atoms with E-state index in [9.17, 15) is 9.59 Å². The van der Waals surface area contributed by atoms with Crippen LogP contribution in [0.5, 0.6) is 0 Å². The van der Waals surface area contributed by atoms with Crippen molar-refractivity contribution in [2.24, 2.45) is 0 Å². The van der Waals surface area contributed by atoms with E-state index < -0.39 is 0 Å². The van der Waals surface area contributed by atoms with E-state index in [1.165, 1.54) is 18.3 Å². The maximum Gasteiger partial charge on any atom is 0.310 e. The van der Waals surface area contributed by atoms with Crippen LogP contribution in [0.4, 0.5) is 5.69 Å². The zero-order chi connectivity index (χ0) is 17.8. The molecule has 25 heavy (non-hydrogen) atoms. The van der Waals surface area contributed by atoms with Crippen LogP contribution in [-0.2, 0) is 27.4 Å². The molecule has 0 radical (unpaired) electrons. The van der Waals surface area contributed by atoms with Crippen molar-refractivity contribution in [3.8, 4) is 0 Å². The lowest BCUT2D eigenvalue weighted by Crippen LogP contribution is -2.08. The fraction of sp³-hybridized carbons (Fsp3) is 0.158. The zero-order valence-electron chi connectivity index (χ0n) is 13.5. The van der Waals surface area contributed by atoms with Crippen LogP contribution >= 0.6 is 22.9 Å². The second-order valence-corrected chi connectivity index (χ2v) is 7.07. The molecular formula is C19H16ClNO3S. The van der Waals surface area contributed by atoms with Gasteiger partial charge in [0.15, 0.2) is 0 Å². The van der Waals surface area contributed by atoms with Gasteiger partial charge in [-0.2, -0.15) is 0 Å². The highest BCUT2D eigenvalue weighted by Gasteiger charge is 2.12. The summed E-state index contributed by atoms with van der Waals surface area (Å²) in [4.78, 5) is 23.9. The molecule has 0 bridgehead atoms. The first-order valence-electron chi connectivity index (χ1n) is 7.71. The lowest BCUT2D eigenvalue weighted by atomic mass is 10.1. The molecule has 1 aromatic heterocycles. The molecule has 0 unspecified atom stereocenters. The summed E-state index contributed by atoms with van der Waals surface area (Å²) in [5, 5.41) is 4.31. The van der Waals surface area contributed by atoms with Gasteiger partial charge in [-0.25, -0.2) is 0 Å². The number of fused-ring (bicyclic) bond motifs is 1. The van der Waals surface area contributed by atoms with Crippen molar-refractivity contribution >= 4 is 50.6 Å². The van der Waals surface area contributed by atoms with Gasteiger partial charge in [0.25, 0.3) is 0 Å². The van der Waals surface area contributed by atoms with E-state index in [0.717, 1.165) is 20.5 Å². The van der Waals surface area contributed by atoms with Crippen LogP contribution in [0.25, 0.3) is 10.1 Å². The quantitative estimate of drug-likeness (QED) is 0.653. The third kappa shape index (κ3) is 4.38. The van der Waals surface area contributed by atoms with Crippen LogP contribution < -0.4 is 5.32 Å². The zero-order valence-corrected chi connectivity index (χ0v) is 15.1. The maximum absolute atomic E-state index is 12.0. The molecule has 0 fully saturated rings. The van der Waals surface area contributed by atoms with Gasteiger partial charge in [-0.15, -0.1) is 11.3 Å². The lowest BCUT2D eigenvalue weighted by Gasteiger charge is -2.06. The van der Waals surface area contributed by atoms with Crippen LogP contribution in [0.2, 0.25) is 5.02 Å². The van der Waals surface area contributed by atoms with E-state index in [1.54, 1.807) is 24.3 Å². The minimum absolute atomic E-state index is 0.132. The number of amides is 1. The van der Waals surface area contributed by atoms with Crippen molar-refractivity contribution in [1.82, 2.24) is 0 Å². The highest BCUT2D eigenvalue weighted by molar-refractivity contribution is 7.19. The Balaban J connectivity index is 1.59. The number of benzene rings is 2. The number of hydrogen-bond donors (Lipinski definition) is 1. The van der Waals surface area contributed by atoms with E-state index in [4.69, 9.17) is 16.3 Å². The molecule has 3 rings (SSSR count). The van der Waals surface area contributed by atoms with Gasteiger partial charge >= 0.3 is 5.97 Å². The number of carbonyl (C=O) groups is 2. The molecule has 0 aliphatic carbocycles. The highest BCUT2D eigenvalue weighted by Crippen LogP contribution is 2.35. The Morgan fingerprint density at radius 3 is 2.52 bits per heavy atom. The average molecular weight is 374 g/mol. The number of carbonyl (C=O) groups excluding carboxylic acids is 2. The molecule has 0 spiro atoms. The number of ether oxygens (including phenoxy) is 1. The van der Waals surface area contributed by atoms with Gasteiger partial charge in [-0.1, -0.05) is 41.9 Å². The van der Waals surface area contributed by atoms with Gasteiger partial charge in [0.1, 0.15) is 6.61 Å². The second kappa shape index (κ2) is 7.68. The van der Waals surface area contributed by atoms with Crippen LogP contribution in [0.15, 0.2) is 48.5 Å². The molecule has 0 saturated carbocycles. The smallest absolute Gasteiger partial charge is 0.310 e. The summed E-state index contributed by atoms with van der Waals surface area (Å²) in [6.45, 7) is 1.62. The first-order valence-corrected chi connectivity index (χ1v) is 8.90. The monoisotopic (exact) mass is 373 g/mol. The van der Waals surface area contributed by atoms with Gasteiger partial charge in [-0.3, -0.25) is 9.59 Å². The van der Waals surface area contributed by atoms with E-state index in [2.05, 4.69) is 5.32 Å². The molecule has 6 heteroatoms. The number of thiophene rings is 1. The first kappa shape index (κ1) is 17.5. The summed E-state index contributed by atoms with van der Waals surface area (Å²) in [5.41, 5.74) is 1.52. The molecule has 1 amide bonds. The molecule has 4 nitrogen and oxygen atoms in total. The Morgan fingerprint density at radius 2 is 1.84 bits per heavy atom. The molecular weight excluding hydrogens is 358 g/mol. The van der Waals surface area contributed by atoms with Crippen molar-refractivity contribution in [2.45, 2.75) is 20.0 Å². The topological polar surface area (TPSA) is 55.4 Å². The summed E-state index contributed by atoms with van der Waals surface area (Å²) in [7, 11) is 0. The second-order valence-electron chi connectivity index (χ2n) is 5.55. The number of nitrogens with one attached hydrogen (secondary N) is 1. The summed E-state index contributed by atoms with van der Waals surface area (Å²) in [5.74, 6) is -0.451. The minimum atomic E-state index is -0.319. The van der Waals surface area contributed by atoms with Gasteiger partial charge in [0.05, 0.1) is 16.3 Å². The third-order valence-corrected chi connectivity index (χ3v) is 5.28. The summed E-state index contributed by atoms with van der Waals surface area (Å²) >= 11 is 7.87. The number of halogens is 1. The molecule has 0 aliphatic heterocycles. The number of rotatable bonds is 5. The predicted octanol–water partition coefficient (Wildman–Crippen LogP) is 4.80. The Morgan fingerprint density at radius 1 is 1.12 bits per heavy atom. The summed E-state index contributed by atoms with van der Waals surface area (Å²) in [6, 6.07) is 14.9. The Hall–Kier alpha value is -2.37. The Kier molecular flexibility index (Phi) is 5.36. The van der Waals surface area contributed by atoms with Crippen LogP contribution in [-0.4, -0.2) is 11.9 Å². The fourth-order valence-electron chi connectivity index (χ4n) is 2.43. The van der Waals surface area contributed by atoms with Crippen molar-refractivity contribution in [3.63, 3.8) is 0 Å². The van der Waals surface area contributed by atoms with Gasteiger partial charge in [-0.05, 0) is 23.8 Å². The summed E-state index contributed by atoms with van der Waals surface area (Å²) in [6.07, 6.45) is 0.170. The predicted molar refractivity (Wildman–Crippen MR) is 101 cm³/mol. The number of esters is 1. The van der Waals surface area contributed by atoms with E-state index >= 15 is 0 Å². The van der Waals surface area contributed by atoms with Crippen molar-refractivity contribution < 1.29 is 14.3 Å². The van der Waals surface area contributed by atoms with E-state index in [1.807, 2.05) is 24.3 Å². The fourth-order valence-corrected chi connectivity index (χ4v) is 3.83. The largest absolute Gasteiger partial charge is 0.460 e. The Bertz CT molecular complexity index is 918. The van der Waals surface area contributed by atoms with Crippen LogP contribution in [0, 0.1) is 0 Å². The maximum atomic E-state index is 12.0. The molecule has 1 heterocycles. The SMILES string of the molecule is CC(=O)Nc1ccc(CC(=O)OCc2sc3ccccc3c2Cl)cc1. The molecule has 0 saturated heterocycles. The van der Waals surface area contributed by atoms with Crippen LogP contribution in [0.3, 0.4) is 0 Å². The van der Waals surface area contributed by atoms with Crippen molar-refractivity contribution in [2.75, 3.05) is 5.32 Å². The van der Waals surface area contributed by atoms with Crippen molar-refractivity contribution in [1.29, 1.82) is 0 Å². The van der Waals surface area contributed by atoms with Crippen molar-refractivity contribution in [3.05, 3.63) is 64.0 Å². The van der Waals surface area contributed by atoms with Crippen LogP contribution in [0.1, 0.15) is 17.4 Å². The molecule has 2 aromatic carbocycles. The van der Waals surface area contributed by atoms with E-state index in [0.29, 0.717) is 10.7 Å². The van der Waals surface area contributed by atoms with Gasteiger partial charge in [0, 0.05) is 22.7 Å². The third-order valence-electron chi connectivity index (χ3n) is 3.59. The van der Waals surface area contributed by atoms with Gasteiger partial charge < -0.3 is 10.1 Å². The Labute approximate surface area is 154 Å². The standard InChI is InChI=1S/C19H16ClNO3S/c1-12(22)21-14-8-6-13(7-9-14)10-18(23)24-11-17-19(20)15-4-2-3-5-16(15)25-17/h2-9H,10-11H2,1H3,(H,21,22).